The van der Waals surface area contributed by atoms with Gasteiger partial charge in [-0.15, -0.1) is 0 Å². The molecule has 3 aromatic carbocycles. The molecule has 4 aromatic rings. The number of hydrogen-bond acceptors (Lipinski definition) is 9. The van der Waals surface area contributed by atoms with Crippen LogP contribution in [0.25, 0.3) is 10.2 Å². The molecular weight excluding hydrogens is 644 g/mol. The molecule has 0 aliphatic carbocycles. The molecule has 0 saturated heterocycles. The van der Waals surface area contributed by atoms with Gasteiger partial charge < -0.3 is 14.2 Å². The zero-order valence-electron chi connectivity index (χ0n) is 23.4. The molecule has 0 saturated carbocycles. The summed E-state index contributed by atoms with van der Waals surface area (Å²) in [4.78, 5) is 18.5. The van der Waals surface area contributed by atoms with Gasteiger partial charge in [-0.3, -0.25) is 4.79 Å². The number of hydrazone groups is 1. The number of anilines is 1. The van der Waals surface area contributed by atoms with E-state index in [0.717, 1.165) is 26.0 Å². The zero-order chi connectivity index (χ0) is 30.1. The van der Waals surface area contributed by atoms with Crippen molar-refractivity contribution in [3.8, 4) is 5.75 Å². The third-order valence-corrected chi connectivity index (χ3v) is 9.45. The largest absolute Gasteiger partial charge is 0.494 e. The van der Waals surface area contributed by atoms with Crippen LogP contribution in [-0.4, -0.2) is 77.0 Å². The lowest BCUT2D eigenvalue weighted by Crippen LogP contribution is -2.36. The fourth-order valence-corrected chi connectivity index (χ4v) is 6.77. The molecule has 0 radical (unpaired) electrons. The molecule has 1 amide bonds. The average molecular weight is 676 g/mol. The molecule has 0 N–H and O–H groups in total. The molecule has 4 rings (SSSR count). The Balaban J connectivity index is 1.65. The Hall–Kier alpha value is -3.20. The first-order valence-corrected chi connectivity index (χ1v) is 16.1. The number of aromatic nitrogens is 1. The minimum absolute atomic E-state index is 0.0560. The molecule has 0 bridgehead atoms. The Kier molecular flexibility index (Phi) is 11.2. The van der Waals surface area contributed by atoms with Crippen molar-refractivity contribution in [1.29, 1.82) is 0 Å². The minimum Gasteiger partial charge on any atom is -0.494 e. The van der Waals surface area contributed by atoms with Gasteiger partial charge in [0.1, 0.15) is 5.75 Å². The van der Waals surface area contributed by atoms with Crippen molar-refractivity contribution in [2.45, 2.75) is 11.8 Å². The van der Waals surface area contributed by atoms with Gasteiger partial charge in [0.05, 0.1) is 41.1 Å². The highest BCUT2D eigenvalue weighted by Gasteiger charge is 2.26. The molecule has 1 aromatic heterocycles. The normalized spacial score (nSPS) is 11.9. The van der Waals surface area contributed by atoms with Crippen molar-refractivity contribution in [3.63, 3.8) is 0 Å². The van der Waals surface area contributed by atoms with E-state index in [1.165, 1.54) is 59.1 Å². The Morgan fingerprint density at radius 2 is 1.67 bits per heavy atom. The second-order valence-corrected chi connectivity index (χ2v) is 12.7. The number of amides is 1. The van der Waals surface area contributed by atoms with E-state index in [0.29, 0.717) is 11.7 Å². The van der Waals surface area contributed by atoms with Crippen LogP contribution in [0.1, 0.15) is 22.8 Å². The predicted molar refractivity (Wildman–Crippen MR) is 168 cm³/mol. The van der Waals surface area contributed by atoms with E-state index in [1.807, 2.05) is 49.4 Å². The standard InChI is InChI=1S/C29H31BrN4O6S2/c1-4-40-24-10-5-21(6-11-24)20-31-34(29-32-26-14-9-23(30)19-27(26)41-29)28(35)22-7-12-25(13-8-22)42(36,37)33(15-17-38-2)16-18-39-3/h5-14,19-20H,4,15-18H2,1-3H3/b31-20+. The van der Waals surface area contributed by atoms with Crippen molar-refractivity contribution >= 4 is 64.8 Å². The molecule has 1 heterocycles. The van der Waals surface area contributed by atoms with Crippen LogP contribution in [0.15, 0.2) is 81.2 Å². The van der Waals surface area contributed by atoms with E-state index in [9.17, 15) is 13.2 Å². The maximum atomic E-state index is 13.8. The van der Waals surface area contributed by atoms with E-state index in [1.54, 1.807) is 6.21 Å². The van der Waals surface area contributed by atoms with Gasteiger partial charge >= 0.3 is 0 Å². The lowest BCUT2D eigenvalue weighted by atomic mass is 10.2. The minimum atomic E-state index is -3.84. The van der Waals surface area contributed by atoms with E-state index in [-0.39, 0.29) is 36.8 Å². The summed E-state index contributed by atoms with van der Waals surface area (Å²) in [6.07, 6.45) is 1.57. The lowest BCUT2D eigenvalue weighted by molar-refractivity contribution is 0.0987. The number of carbonyl (C=O) groups is 1. The predicted octanol–water partition coefficient (Wildman–Crippen LogP) is 5.42. The van der Waals surface area contributed by atoms with Crippen LogP contribution in [0.3, 0.4) is 0 Å². The molecule has 222 valence electrons. The van der Waals surface area contributed by atoms with Gasteiger partial charge in [0.25, 0.3) is 5.91 Å². The number of fused-ring (bicyclic) bond motifs is 1. The second kappa shape index (κ2) is 14.8. The lowest BCUT2D eigenvalue weighted by Gasteiger charge is -2.21. The van der Waals surface area contributed by atoms with Crippen LogP contribution in [-0.2, 0) is 19.5 Å². The first-order valence-electron chi connectivity index (χ1n) is 13.0. The molecule has 10 nitrogen and oxygen atoms in total. The quantitative estimate of drug-likeness (QED) is 0.130. The van der Waals surface area contributed by atoms with E-state index >= 15 is 0 Å². The Labute approximate surface area is 257 Å². The van der Waals surface area contributed by atoms with Crippen LogP contribution >= 0.6 is 27.3 Å². The van der Waals surface area contributed by atoms with Crippen molar-refractivity contribution in [2.75, 3.05) is 52.1 Å². The van der Waals surface area contributed by atoms with Gasteiger partial charge in [0, 0.05) is 37.3 Å². The van der Waals surface area contributed by atoms with Gasteiger partial charge in [-0.25, -0.2) is 13.4 Å². The number of rotatable bonds is 14. The smallest absolute Gasteiger partial charge is 0.280 e. The van der Waals surface area contributed by atoms with Crippen LogP contribution in [0.5, 0.6) is 5.75 Å². The van der Waals surface area contributed by atoms with Crippen molar-refractivity contribution in [1.82, 2.24) is 9.29 Å². The summed E-state index contributed by atoms with van der Waals surface area (Å²) >= 11 is 4.79. The summed E-state index contributed by atoms with van der Waals surface area (Å²) in [6.45, 7) is 3.28. The van der Waals surface area contributed by atoms with Gasteiger partial charge in [-0.05, 0) is 79.2 Å². The van der Waals surface area contributed by atoms with Crippen molar-refractivity contribution in [2.24, 2.45) is 5.10 Å². The Bertz CT molecular complexity index is 1620. The summed E-state index contributed by atoms with van der Waals surface area (Å²) in [5.41, 5.74) is 1.73. The number of halogens is 1. The number of methoxy groups -OCH3 is 2. The summed E-state index contributed by atoms with van der Waals surface area (Å²) in [5.74, 6) is 0.271. The summed E-state index contributed by atoms with van der Waals surface area (Å²) in [6, 6.07) is 18.8. The van der Waals surface area contributed by atoms with Gasteiger partial charge in [0.15, 0.2) is 0 Å². The van der Waals surface area contributed by atoms with Gasteiger partial charge in [0.2, 0.25) is 15.2 Å². The zero-order valence-corrected chi connectivity index (χ0v) is 26.6. The van der Waals surface area contributed by atoms with E-state index in [4.69, 9.17) is 14.2 Å². The summed E-state index contributed by atoms with van der Waals surface area (Å²) in [7, 11) is -0.822. The first-order chi connectivity index (χ1) is 20.3. The maximum Gasteiger partial charge on any atom is 0.280 e. The third-order valence-electron chi connectivity index (χ3n) is 6.05. The number of thiazole rings is 1. The van der Waals surface area contributed by atoms with Crippen LogP contribution in [0.4, 0.5) is 5.13 Å². The van der Waals surface area contributed by atoms with Crippen LogP contribution in [0.2, 0.25) is 0 Å². The van der Waals surface area contributed by atoms with Crippen molar-refractivity contribution < 1.29 is 27.4 Å². The van der Waals surface area contributed by atoms with Gasteiger partial charge in [-0.2, -0.15) is 14.4 Å². The molecule has 42 heavy (non-hydrogen) atoms. The number of benzene rings is 3. The molecule has 0 spiro atoms. The highest BCUT2D eigenvalue weighted by molar-refractivity contribution is 9.10. The second-order valence-electron chi connectivity index (χ2n) is 8.89. The molecule has 0 fully saturated rings. The number of ether oxygens (including phenoxy) is 3. The van der Waals surface area contributed by atoms with Gasteiger partial charge in [-0.1, -0.05) is 27.3 Å². The van der Waals surface area contributed by atoms with E-state index < -0.39 is 15.9 Å². The SMILES string of the molecule is CCOc1ccc(/C=N/N(C(=O)c2ccc(S(=O)(=O)N(CCOC)CCOC)cc2)c2nc3ccc(Br)cc3s2)cc1. The van der Waals surface area contributed by atoms with E-state index in [2.05, 4.69) is 26.0 Å². The number of sulfonamides is 1. The highest BCUT2D eigenvalue weighted by atomic mass is 79.9. The third kappa shape index (κ3) is 7.79. The molecule has 0 aliphatic rings. The number of hydrogen-bond donors (Lipinski definition) is 0. The first kappa shape index (κ1) is 31.7. The summed E-state index contributed by atoms with van der Waals surface area (Å²) < 4.78 is 45.3. The fraction of sp³-hybridized carbons (Fsp3) is 0.276. The molecule has 13 heteroatoms. The number of carbonyl (C=O) groups excluding carboxylic acids is 1. The molecular formula is C29H31BrN4O6S2. The highest BCUT2D eigenvalue weighted by Crippen LogP contribution is 2.32. The average Bonchev–Trinajstić information content (AvgIpc) is 3.41. The topological polar surface area (TPSA) is 111 Å². The van der Waals surface area contributed by atoms with Crippen LogP contribution in [0, 0.1) is 0 Å². The monoisotopic (exact) mass is 674 g/mol. The molecule has 0 aliphatic heterocycles. The van der Waals surface area contributed by atoms with Crippen LogP contribution < -0.4 is 9.75 Å². The summed E-state index contributed by atoms with van der Waals surface area (Å²) in [5, 5.41) is 6.10. The van der Waals surface area contributed by atoms with Crippen molar-refractivity contribution in [3.05, 3.63) is 82.3 Å². The molecule has 0 unspecified atom stereocenters. The molecule has 0 atom stereocenters. The fourth-order valence-electron chi connectivity index (χ4n) is 3.89. The maximum absolute atomic E-state index is 13.8. The Morgan fingerprint density at radius 3 is 2.29 bits per heavy atom. The Morgan fingerprint density at radius 1 is 1.00 bits per heavy atom. The number of nitrogens with zero attached hydrogens (tertiary/aromatic N) is 4.